The molecule has 0 fully saturated rings. The van der Waals surface area contributed by atoms with E-state index in [0.717, 1.165) is 25.7 Å². The summed E-state index contributed by atoms with van der Waals surface area (Å²) in [6.45, 7) is 8.05. The van der Waals surface area contributed by atoms with Gasteiger partial charge in [-0.1, -0.05) is 25.7 Å². The zero-order valence-electron chi connectivity index (χ0n) is 13.9. The van der Waals surface area contributed by atoms with E-state index in [9.17, 15) is 18.3 Å². The standard InChI is InChI=1S/C16H31F3O2/c1-14(2,20)12-13-21-15(3,4)10-8-6-5-7-9-11-16(17,18)19/h20H,5-13H2,1-4H3. The maximum absolute atomic E-state index is 12.0. The molecule has 0 amide bonds. The second kappa shape index (κ2) is 8.99. The minimum atomic E-state index is -4.02. The van der Waals surface area contributed by atoms with Gasteiger partial charge in [0.2, 0.25) is 0 Å². The van der Waals surface area contributed by atoms with E-state index in [1.54, 1.807) is 13.8 Å². The van der Waals surface area contributed by atoms with Crippen molar-refractivity contribution in [3.8, 4) is 0 Å². The van der Waals surface area contributed by atoms with E-state index in [0.29, 0.717) is 19.4 Å². The highest BCUT2D eigenvalue weighted by Crippen LogP contribution is 2.24. The molecule has 0 atom stereocenters. The molecular weight excluding hydrogens is 281 g/mol. The van der Waals surface area contributed by atoms with Crippen molar-refractivity contribution in [3.63, 3.8) is 0 Å². The molecule has 0 saturated heterocycles. The average Bonchev–Trinajstić information content (AvgIpc) is 2.23. The van der Waals surface area contributed by atoms with Crippen molar-refractivity contribution in [1.82, 2.24) is 0 Å². The molecule has 0 saturated carbocycles. The number of alkyl halides is 3. The van der Waals surface area contributed by atoms with Crippen LogP contribution in [-0.2, 0) is 4.74 Å². The third-order valence-corrected chi connectivity index (χ3v) is 3.45. The highest BCUT2D eigenvalue weighted by Gasteiger charge is 2.25. The summed E-state index contributed by atoms with van der Waals surface area (Å²) in [6, 6.07) is 0. The van der Waals surface area contributed by atoms with Gasteiger partial charge < -0.3 is 9.84 Å². The predicted octanol–water partition coefficient (Wildman–Crippen LogP) is 5.24. The van der Waals surface area contributed by atoms with Crippen LogP contribution < -0.4 is 0 Å². The van der Waals surface area contributed by atoms with Crippen molar-refractivity contribution < 1.29 is 23.0 Å². The Bertz CT molecular complexity index is 268. The van der Waals surface area contributed by atoms with E-state index < -0.39 is 18.2 Å². The van der Waals surface area contributed by atoms with Crippen molar-refractivity contribution in [2.75, 3.05) is 6.61 Å². The van der Waals surface area contributed by atoms with Crippen LogP contribution in [0.2, 0.25) is 0 Å². The molecule has 0 aliphatic rings. The summed E-state index contributed by atoms with van der Waals surface area (Å²) in [5, 5.41) is 9.61. The zero-order valence-corrected chi connectivity index (χ0v) is 13.9. The molecule has 5 heteroatoms. The summed E-state index contributed by atoms with van der Waals surface area (Å²) in [5.74, 6) is 0. The Morgan fingerprint density at radius 3 is 1.71 bits per heavy atom. The van der Waals surface area contributed by atoms with Gasteiger partial charge in [0, 0.05) is 6.42 Å². The smallest absolute Gasteiger partial charge is 0.389 e. The second-order valence-corrected chi connectivity index (χ2v) is 7.05. The zero-order chi connectivity index (χ0) is 16.6. The van der Waals surface area contributed by atoms with Crippen LogP contribution in [0.15, 0.2) is 0 Å². The van der Waals surface area contributed by atoms with Crippen LogP contribution in [0.4, 0.5) is 13.2 Å². The quantitative estimate of drug-likeness (QED) is 0.529. The summed E-state index contributed by atoms with van der Waals surface area (Å²) in [5.41, 5.74) is -0.953. The monoisotopic (exact) mass is 312 g/mol. The van der Waals surface area contributed by atoms with Crippen LogP contribution in [0, 0.1) is 0 Å². The number of ether oxygens (including phenoxy) is 1. The number of aliphatic hydroxyl groups is 1. The van der Waals surface area contributed by atoms with E-state index in [2.05, 4.69) is 0 Å². The van der Waals surface area contributed by atoms with E-state index >= 15 is 0 Å². The number of halogens is 3. The summed E-state index contributed by atoms with van der Waals surface area (Å²) in [4.78, 5) is 0. The van der Waals surface area contributed by atoms with E-state index in [1.165, 1.54) is 0 Å². The third-order valence-electron chi connectivity index (χ3n) is 3.45. The molecule has 0 bridgehead atoms. The minimum Gasteiger partial charge on any atom is -0.390 e. The fourth-order valence-electron chi connectivity index (χ4n) is 2.06. The molecule has 21 heavy (non-hydrogen) atoms. The van der Waals surface area contributed by atoms with Crippen molar-refractivity contribution in [3.05, 3.63) is 0 Å². The molecule has 1 N–H and O–H groups in total. The third kappa shape index (κ3) is 15.9. The normalized spacial score (nSPS) is 13.7. The van der Waals surface area contributed by atoms with Gasteiger partial charge in [0.1, 0.15) is 0 Å². The molecule has 0 aromatic heterocycles. The van der Waals surface area contributed by atoms with E-state index in [4.69, 9.17) is 4.74 Å². The molecule has 0 unspecified atom stereocenters. The fraction of sp³-hybridized carbons (Fsp3) is 1.00. The molecule has 0 aromatic rings. The second-order valence-electron chi connectivity index (χ2n) is 7.05. The Morgan fingerprint density at radius 2 is 1.24 bits per heavy atom. The number of hydrogen-bond acceptors (Lipinski definition) is 2. The maximum atomic E-state index is 12.0. The van der Waals surface area contributed by atoms with Crippen molar-refractivity contribution >= 4 is 0 Å². The molecule has 0 radical (unpaired) electrons. The lowest BCUT2D eigenvalue weighted by atomic mass is 9.99. The Kier molecular flexibility index (Phi) is 8.86. The van der Waals surface area contributed by atoms with E-state index in [1.807, 2.05) is 13.8 Å². The Morgan fingerprint density at radius 1 is 0.762 bits per heavy atom. The topological polar surface area (TPSA) is 29.5 Å². The summed E-state index contributed by atoms with van der Waals surface area (Å²) in [6.07, 6.45) is 0.406. The Labute approximate surface area is 127 Å². The fourth-order valence-corrected chi connectivity index (χ4v) is 2.06. The first-order valence-electron chi connectivity index (χ1n) is 7.84. The first-order chi connectivity index (χ1) is 9.41. The van der Waals surface area contributed by atoms with E-state index in [-0.39, 0.29) is 12.0 Å². The van der Waals surface area contributed by atoms with Gasteiger partial charge in [0.15, 0.2) is 0 Å². The van der Waals surface area contributed by atoms with Gasteiger partial charge in [-0.2, -0.15) is 13.2 Å². The van der Waals surface area contributed by atoms with Gasteiger partial charge >= 0.3 is 6.18 Å². The van der Waals surface area contributed by atoms with Gasteiger partial charge in [-0.05, 0) is 47.0 Å². The molecular formula is C16H31F3O2. The summed E-state index contributed by atoms with van der Waals surface area (Å²) >= 11 is 0. The SMILES string of the molecule is CC(C)(O)CCOC(C)(C)CCCCCCCC(F)(F)F. The van der Waals surface area contributed by atoms with Crippen LogP contribution in [0.3, 0.4) is 0 Å². The number of unbranched alkanes of at least 4 members (excludes halogenated alkanes) is 4. The molecule has 0 aliphatic heterocycles. The lowest BCUT2D eigenvalue weighted by Crippen LogP contribution is -2.28. The maximum Gasteiger partial charge on any atom is 0.389 e. The minimum absolute atomic E-state index is 0.231. The van der Waals surface area contributed by atoms with Crippen molar-refractivity contribution in [2.45, 2.75) is 96.4 Å². The first kappa shape index (κ1) is 20.7. The van der Waals surface area contributed by atoms with Gasteiger partial charge in [0.25, 0.3) is 0 Å². The largest absolute Gasteiger partial charge is 0.390 e. The van der Waals surface area contributed by atoms with Gasteiger partial charge in [0.05, 0.1) is 17.8 Å². The molecule has 0 rings (SSSR count). The van der Waals surface area contributed by atoms with Gasteiger partial charge in [-0.3, -0.25) is 0 Å². The van der Waals surface area contributed by atoms with Crippen molar-refractivity contribution in [1.29, 1.82) is 0 Å². The molecule has 0 spiro atoms. The van der Waals surface area contributed by atoms with Crippen LogP contribution >= 0.6 is 0 Å². The summed E-state index contributed by atoms with van der Waals surface area (Å²) < 4.78 is 41.6. The van der Waals surface area contributed by atoms with Crippen LogP contribution in [0.5, 0.6) is 0 Å². The highest BCUT2D eigenvalue weighted by atomic mass is 19.4. The first-order valence-corrected chi connectivity index (χ1v) is 7.84. The van der Waals surface area contributed by atoms with Crippen LogP contribution in [-0.4, -0.2) is 29.1 Å². The lowest BCUT2D eigenvalue weighted by Gasteiger charge is -2.27. The van der Waals surface area contributed by atoms with Crippen LogP contribution in [0.1, 0.15) is 79.1 Å². The van der Waals surface area contributed by atoms with Gasteiger partial charge in [-0.15, -0.1) is 0 Å². The van der Waals surface area contributed by atoms with Gasteiger partial charge in [-0.25, -0.2) is 0 Å². The molecule has 0 aliphatic carbocycles. The molecule has 0 heterocycles. The Balaban J connectivity index is 3.57. The Hall–Kier alpha value is -0.290. The van der Waals surface area contributed by atoms with Crippen molar-refractivity contribution in [2.24, 2.45) is 0 Å². The highest BCUT2D eigenvalue weighted by molar-refractivity contribution is 4.71. The molecule has 128 valence electrons. The number of rotatable bonds is 11. The van der Waals surface area contributed by atoms with Crippen LogP contribution in [0.25, 0.3) is 0 Å². The predicted molar refractivity (Wildman–Crippen MR) is 79.3 cm³/mol. The molecule has 0 aromatic carbocycles. The number of hydrogen-bond donors (Lipinski definition) is 1. The average molecular weight is 312 g/mol. The molecule has 2 nitrogen and oxygen atoms in total. The lowest BCUT2D eigenvalue weighted by molar-refractivity contribution is -0.135. The summed E-state index contributed by atoms with van der Waals surface area (Å²) in [7, 11) is 0.